The van der Waals surface area contributed by atoms with Gasteiger partial charge >= 0.3 is 0 Å². The third-order valence-corrected chi connectivity index (χ3v) is 3.98. The Kier molecular flexibility index (Phi) is 2.98. The molecule has 0 saturated carbocycles. The van der Waals surface area contributed by atoms with Crippen LogP contribution in [0.2, 0.25) is 0 Å². The lowest BCUT2D eigenvalue weighted by molar-refractivity contribution is 0.629. The monoisotopic (exact) mass is 275 g/mol. The summed E-state index contributed by atoms with van der Waals surface area (Å²) < 4.78 is 15.4. The fourth-order valence-electron chi connectivity index (χ4n) is 2.23. The van der Waals surface area contributed by atoms with Crippen molar-refractivity contribution in [3.05, 3.63) is 35.5 Å². The Hall–Kier alpha value is -1.88. The number of aryl methyl sites for hydroxylation is 1. The maximum atomic E-state index is 13.3. The van der Waals surface area contributed by atoms with Crippen molar-refractivity contribution < 1.29 is 4.39 Å². The van der Waals surface area contributed by atoms with Gasteiger partial charge in [-0.1, -0.05) is 6.92 Å². The van der Waals surface area contributed by atoms with Crippen molar-refractivity contribution in [1.82, 2.24) is 9.55 Å². The van der Waals surface area contributed by atoms with E-state index in [1.807, 2.05) is 11.4 Å². The summed E-state index contributed by atoms with van der Waals surface area (Å²) in [6.07, 6.45) is 0.987. The molecule has 0 aliphatic heterocycles. The summed E-state index contributed by atoms with van der Waals surface area (Å²) >= 11 is 1.56. The number of halogens is 1. The molecule has 0 aliphatic rings. The second-order valence-electron chi connectivity index (χ2n) is 4.43. The van der Waals surface area contributed by atoms with Crippen LogP contribution in [-0.2, 0) is 6.54 Å². The Morgan fingerprint density at radius 1 is 1.37 bits per heavy atom. The van der Waals surface area contributed by atoms with Gasteiger partial charge in [0.2, 0.25) is 0 Å². The average molecular weight is 275 g/mol. The van der Waals surface area contributed by atoms with Gasteiger partial charge in [-0.2, -0.15) is 0 Å². The third-order valence-electron chi connectivity index (χ3n) is 3.06. The van der Waals surface area contributed by atoms with Crippen LogP contribution in [0.5, 0.6) is 0 Å². The molecular weight excluding hydrogens is 261 g/mol. The minimum Gasteiger partial charge on any atom is -0.397 e. The van der Waals surface area contributed by atoms with E-state index in [4.69, 9.17) is 5.73 Å². The zero-order chi connectivity index (χ0) is 13.4. The molecule has 0 bridgehead atoms. The Balaban J connectivity index is 2.28. The number of imidazole rings is 1. The zero-order valence-corrected chi connectivity index (χ0v) is 11.4. The Bertz CT molecular complexity index is 729. The van der Waals surface area contributed by atoms with Crippen molar-refractivity contribution in [2.45, 2.75) is 19.9 Å². The molecule has 0 fully saturated rings. The molecule has 0 atom stereocenters. The van der Waals surface area contributed by atoms with Crippen molar-refractivity contribution in [1.29, 1.82) is 0 Å². The average Bonchev–Trinajstić information content (AvgIpc) is 2.94. The van der Waals surface area contributed by atoms with Gasteiger partial charge in [0.05, 0.1) is 21.6 Å². The fourth-order valence-corrected chi connectivity index (χ4v) is 3.04. The van der Waals surface area contributed by atoms with E-state index in [-0.39, 0.29) is 5.82 Å². The van der Waals surface area contributed by atoms with Crippen LogP contribution in [0.4, 0.5) is 10.1 Å². The summed E-state index contributed by atoms with van der Waals surface area (Å²) in [6, 6.07) is 6.59. The van der Waals surface area contributed by atoms with Gasteiger partial charge in [-0.3, -0.25) is 0 Å². The van der Waals surface area contributed by atoms with E-state index in [2.05, 4.69) is 16.5 Å². The zero-order valence-electron chi connectivity index (χ0n) is 10.6. The van der Waals surface area contributed by atoms with Crippen LogP contribution in [0.25, 0.3) is 21.7 Å². The molecule has 3 nitrogen and oxygen atoms in total. The van der Waals surface area contributed by atoms with E-state index in [0.717, 1.165) is 34.9 Å². The van der Waals surface area contributed by atoms with E-state index in [1.165, 1.54) is 12.1 Å². The lowest BCUT2D eigenvalue weighted by atomic mass is 10.3. The first-order valence-electron chi connectivity index (χ1n) is 6.20. The number of hydrogen-bond acceptors (Lipinski definition) is 3. The molecule has 1 aromatic carbocycles. The second kappa shape index (κ2) is 4.66. The van der Waals surface area contributed by atoms with Gasteiger partial charge < -0.3 is 10.3 Å². The van der Waals surface area contributed by atoms with Crippen LogP contribution in [0.3, 0.4) is 0 Å². The lowest BCUT2D eigenvalue weighted by Gasteiger charge is -2.06. The molecule has 3 aromatic rings. The van der Waals surface area contributed by atoms with E-state index in [0.29, 0.717) is 5.52 Å². The summed E-state index contributed by atoms with van der Waals surface area (Å²) in [5, 5.41) is 1.95. The number of benzene rings is 1. The van der Waals surface area contributed by atoms with Crippen molar-refractivity contribution >= 4 is 28.1 Å². The number of thiophene rings is 1. The van der Waals surface area contributed by atoms with Gasteiger partial charge in [0.1, 0.15) is 5.82 Å². The highest BCUT2D eigenvalue weighted by atomic mass is 32.1. The van der Waals surface area contributed by atoms with Gasteiger partial charge in [0, 0.05) is 12.6 Å². The van der Waals surface area contributed by atoms with Crippen molar-refractivity contribution in [2.75, 3.05) is 5.73 Å². The summed E-state index contributed by atoms with van der Waals surface area (Å²) in [6.45, 7) is 2.95. The lowest BCUT2D eigenvalue weighted by Crippen LogP contribution is -2.00. The van der Waals surface area contributed by atoms with Gasteiger partial charge in [0.25, 0.3) is 0 Å². The predicted octanol–water partition coefficient (Wildman–Crippen LogP) is 3.90. The number of fused-ring (bicyclic) bond motifs is 1. The maximum Gasteiger partial charge on any atom is 0.153 e. The molecule has 0 aliphatic carbocycles. The third kappa shape index (κ3) is 2.00. The summed E-state index contributed by atoms with van der Waals surface area (Å²) in [4.78, 5) is 5.50. The topological polar surface area (TPSA) is 43.8 Å². The van der Waals surface area contributed by atoms with Crippen LogP contribution in [0.15, 0.2) is 29.6 Å². The molecule has 2 heterocycles. The first-order chi connectivity index (χ1) is 9.20. The molecule has 0 amide bonds. The number of rotatable bonds is 3. The molecule has 0 unspecified atom stereocenters. The molecule has 2 N–H and O–H groups in total. The van der Waals surface area contributed by atoms with Crippen molar-refractivity contribution in [3.8, 4) is 10.7 Å². The van der Waals surface area contributed by atoms with Gasteiger partial charge in [0.15, 0.2) is 5.82 Å². The summed E-state index contributed by atoms with van der Waals surface area (Å²) in [7, 11) is 0. The van der Waals surface area contributed by atoms with Crippen LogP contribution in [0, 0.1) is 5.82 Å². The number of hydrogen-bond donors (Lipinski definition) is 1. The van der Waals surface area contributed by atoms with E-state index < -0.39 is 0 Å². The van der Waals surface area contributed by atoms with Crippen LogP contribution in [0.1, 0.15) is 13.3 Å². The molecule has 3 rings (SSSR count). The highest BCUT2D eigenvalue weighted by Gasteiger charge is 2.15. The van der Waals surface area contributed by atoms with E-state index in [9.17, 15) is 4.39 Å². The van der Waals surface area contributed by atoms with Crippen LogP contribution in [-0.4, -0.2) is 9.55 Å². The molecule has 19 heavy (non-hydrogen) atoms. The second-order valence-corrected chi connectivity index (χ2v) is 5.34. The number of nitrogens with zero attached hydrogens (tertiary/aromatic N) is 2. The quantitative estimate of drug-likeness (QED) is 0.788. The number of anilines is 1. The molecule has 0 saturated heterocycles. The SMILES string of the molecule is CCCn1c(-c2sccc2N)nc2cc(F)ccc21. The molecular formula is C14H14FN3S. The minimum absolute atomic E-state index is 0.264. The van der Waals surface area contributed by atoms with Crippen molar-refractivity contribution in [3.63, 3.8) is 0 Å². The largest absolute Gasteiger partial charge is 0.397 e. The smallest absolute Gasteiger partial charge is 0.153 e. The number of aromatic nitrogens is 2. The highest BCUT2D eigenvalue weighted by Crippen LogP contribution is 2.33. The Morgan fingerprint density at radius 3 is 2.89 bits per heavy atom. The van der Waals surface area contributed by atoms with Crippen LogP contribution >= 0.6 is 11.3 Å². The van der Waals surface area contributed by atoms with Crippen molar-refractivity contribution in [2.24, 2.45) is 0 Å². The first kappa shape index (κ1) is 12.2. The maximum absolute atomic E-state index is 13.3. The molecule has 5 heteroatoms. The first-order valence-corrected chi connectivity index (χ1v) is 7.07. The van der Waals surface area contributed by atoms with Gasteiger partial charge in [-0.25, -0.2) is 9.37 Å². The fraction of sp³-hybridized carbons (Fsp3) is 0.214. The summed E-state index contributed by atoms with van der Waals surface area (Å²) in [5.41, 5.74) is 8.32. The standard InChI is InChI=1S/C14H14FN3S/c1-2-6-18-12-4-3-9(15)8-11(12)17-14(18)13-10(16)5-7-19-13/h3-5,7-8H,2,6,16H2,1H3. The molecule has 98 valence electrons. The minimum atomic E-state index is -0.264. The number of nitrogen functional groups attached to an aromatic ring is 1. The molecule has 2 aromatic heterocycles. The predicted molar refractivity (Wildman–Crippen MR) is 77.7 cm³/mol. The Labute approximate surface area is 114 Å². The Morgan fingerprint density at radius 2 is 2.21 bits per heavy atom. The van der Waals surface area contributed by atoms with E-state index >= 15 is 0 Å². The van der Waals surface area contributed by atoms with E-state index in [1.54, 1.807) is 17.4 Å². The normalized spacial score (nSPS) is 11.3. The van der Waals surface area contributed by atoms with Crippen LogP contribution < -0.4 is 5.73 Å². The highest BCUT2D eigenvalue weighted by molar-refractivity contribution is 7.14. The van der Waals surface area contributed by atoms with Gasteiger partial charge in [-0.05, 0) is 30.0 Å². The molecule has 0 spiro atoms. The number of nitrogens with two attached hydrogens (primary N) is 1. The summed E-state index contributed by atoms with van der Waals surface area (Å²) in [5.74, 6) is 0.564. The van der Waals surface area contributed by atoms with Gasteiger partial charge in [-0.15, -0.1) is 11.3 Å². The molecule has 0 radical (unpaired) electrons.